The Labute approximate surface area is 133 Å². The van der Waals surface area contributed by atoms with E-state index in [4.69, 9.17) is 16.0 Å². The number of aromatic nitrogens is 1. The van der Waals surface area contributed by atoms with Gasteiger partial charge >= 0.3 is 0 Å². The van der Waals surface area contributed by atoms with Gasteiger partial charge in [-0.25, -0.2) is 4.98 Å². The number of aryl methyl sites for hydroxylation is 2. The topological polar surface area (TPSA) is 55.1 Å². The Hall–Kier alpha value is -2.33. The van der Waals surface area contributed by atoms with Gasteiger partial charge in [-0.1, -0.05) is 29.8 Å². The Morgan fingerprint density at radius 1 is 1.27 bits per heavy atom. The van der Waals surface area contributed by atoms with Gasteiger partial charge in [-0.15, -0.1) is 0 Å². The van der Waals surface area contributed by atoms with Gasteiger partial charge in [0.25, 0.3) is 0 Å². The summed E-state index contributed by atoms with van der Waals surface area (Å²) >= 11 is 6.02. The van der Waals surface area contributed by atoms with E-state index in [2.05, 4.69) is 10.3 Å². The number of rotatable bonds is 4. The van der Waals surface area contributed by atoms with Crippen LogP contribution in [0, 0.1) is 6.92 Å². The van der Waals surface area contributed by atoms with E-state index in [0.29, 0.717) is 29.4 Å². The van der Waals surface area contributed by atoms with Gasteiger partial charge in [0, 0.05) is 13.3 Å². The van der Waals surface area contributed by atoms with Crippen molar-refractivity contribution in [3.05, 3.63) is 58.9 Å². The van der Waals surface area contributed by atoms with Crippen molar-refractivity contribution >= 4 is 34.3 Å². The van der Waals surface area contributed by atoms with Crippen LogP contribution in [0.4, 0.5) is 5.69 Å². The molecule has 112 valence electrons. The summed E-state index contributed by atoms with van der Waals surface area (Å²) in [6, 6.07) is 13.0. The number of carbonyl (C=O) groups excluding carboxylic acids is 1. The van der Waals surface area contributed by atoms with Crippen LogP contribution in [0.2, 0.25) is 5.02 Å². The van der Waals surface area contributed by atoms with Crippen LogP contribution in [0.5, 0.6) is 0 Å². The number of nitrogens with one attached hydrogen (secondary N) is 1. The molecule has 0 aliphatic carbocycles. The van der Waals surface area contributed by atoms with Crippen molar-refractivity contribution in [3.8, 4) is 0 Å². The lowest BCUT2D eigenvalue weighted by Gasteiger charge is -2.06. The quantitative estimate of drug-likeness (QED) is 0.778. The van der Waals surface area contributed by atoms with Gasteiger partial charge in [0.1, 0.15) is 5.52 Å². The summed E-state index contributed by atoms with van der Waals surface area (Å²) in [5, 5.41) is 3.35. The molecule has 22 heavy (non-hydrogen) atoms. The first-order valence-corrected chi connectivity index (χ1v) is 7.40. The lowest BCUT2D eigenvalue weighted by Crippen LogP contribution is -2.12. The van der Waals surface area contributed by atoms with E-state index in [1.807, 2.05) is 37.3 Å². The number of oxazole rings is 1. The normalized spacial score (nSPS) is 10.8. The minimum atomic E-state index is -0.0652. The number of hydrogen-bond donors (Lipinski definition) is 1. The fraction of sp³-hybridized carbons (Fsp3) is 0.176. The third-order valence-corrected chi connectivity index (χ3v) is 3.68. The number of halogens is 1. The van der Waals surface area contributed by atoms with Crippen molar-refractivity contribution in [1.82, 2.24) is 4.98 Å². The molecule has 2 aromatic carbocycles. The molecule has 0 bridgehead atoms. The molecule has 3 aromatic rings. The molecule has 0 unspecified atom stereocenters. The standard InChI is InChI=1S/C17H15ClN2O2/c1-11-19-15-10-12(6-8-16(15)22-11)7-9-17(21)20-14-5-3-2-4-13(14)18/h2-6,8,10H,7,9H2,1H3,(H,20,21). The first kappa shape index (κ1) is 14.6. The summed E-state index contributed by atoms with van der Waals surface area (Å²) < 4.78 is 5.44. The summed E-state index contributed by atoms with van der Waals surface area (Å²) in [5.41, 5.74) is 3.27. The van der Waals surface area contributed by atoms with Crippen molar-refractivity contribution in [1.29, 1.82) is 0 Å². The number of carbonyl (C=O) groups is 1. The summed E-state index contributed by atoms with van der Waals surface area (Å²) in [6.45, 7) is 1.82. The van der Waals surface area contributed by atoms with E-state index in [1.165, 1.54) is 0 Å². The highest BCUT2D eigenvalue weighted by molar-refractivity contribution is 6.33. The highest BCUT2D eigenvalue weighted by atomic mass is 35.5. The summed E-state index contributed by atoms with van der Waals surface area (Å²) in [7, 11) is 0. The second-order valence-electron chi connectivity index (χ2n) is 5.06. The largest absolute Gasteiger partial charge is 0.441 e. The average molecular weight is 315 g/mol. The maximum Gasteiger partial charge on any atom is 0.224 e. The maximum atomic E-state index is 12.0. The molecule has 5 heteroatoms. The molecule has 4 nitrogen and oxygen atoms in total. The zero-order valence-electron chi connectivity index (χ0n) is 12.1. The smallest absolute Gasteiger partial charge is 0.224 e. The zero-order chi connectivity index (χ0) is 15.5. The number of benzene rings is 2. The van der Waals surface area contributed by atoms with Gasteiger partial charge in [0.05, 0.1) is 10.7 Å². The number of amides is 1. The van der Waals surface area contributed by atoms with E-state index in [1.54, 1.807) is 12.1 Å². The Bertz CT molecular complexity index is 826. The summed E-state index contributed by atoms with van der Waals surface area (Å²) in [5.74, 6) is 0.577. The van der Waals surface area contributed by atoms with E-state index in [9.17, 15) is 4.79 Å². The Morgan fingerprint density at radius 2 is 2.09 bits per heavy atom. The molecule has 0 atom stereocenters. The van der Waals surface area contributed by atoms with Crippen molar-refractivity contribution in [2.45, 2.75) is 19.8 Å². The molecule has 0 fully saturated rings. The van der Waals surface area contributed by atoms with Crippen molar-refractivity contribution in [2.24, 2.45) is 0 Å². The molecule has 0 saturated heterocycles. The molecule has 1 N–H and O–H groups in total. The summed E-state index contributed by atoms with van der Waals surface area (Å²) in [6.07, 6.45) is 1.02. The molecule has 0 radical (unpaired) electrons. The molecule has 0 aliphatic heterocycles. The Balaban J connectivity index is 1.63. The fourth-order valence-electron chi connectivity index (χ4n) is 2.28. The van der Waals surface area contributed by atoms with Crippen LogP contribution in [-0.2, 0) is 11.2 Å². The predicted octanol–water partition coefficient (Wildman–Crippen LogP) is 4.36. The third kappa shape index (κ3) is 3.28. The monoisotopic (exact) mass is 314 g/mol. The molecule has 0 aliphatic rings. The van der Waals surface area contributed by atoms with Crippen molar-refractivity contribution in [2.75, 3.05) is 5.32 Å². The van der Waals surface area contributed by atoms with Crippen LogP contribution < -0.4 is 5.32 Å². The van der Waals surface area contributed by atoms with Gasteiger partial charge in [-0.3, -0.25) is 4.79 Å². The predicted molar refractivity (Wildman–Crippen MR) is 87.1 cm³/mol. The minimum absolute atomic E-state index is 0.0652. The van der Waals surface area contributed by atoms with E-state index >= 15 is 0 Å². The fourth-order valence-corrected chi connectivity index (χ4v) is 2.46. The maximum absolute atomic E-state index is 12.0. The Kier molecular flexibility index (Phi) is 4.11. The third-order valence-electron chi connectivity index (χ3n) is 3.35. The lowest BCUT2D eigenvalue weighted by atomic mass is 10.1. The number of nitrogens with zero attached hydrogens (tertiary/aromatic N) is 1. The summed E-state index contributed by atoms with van der Waals surface area (Å²) in [4.78, 5) is 16.3. The molecular formula is C17H15ClN2O2. The van der Waals surface area contributed by atoms with E-state index in [-0.39, 0.29) is 5.91 Å². The number of fused-ring (bicyclic) bond motifs is 1. The second-order valence-corrected chi connectivity index (χ2v) is 5.47. The van der Waals surface area contributed by atoms with Gasteiger partial charge in [0.15, 0.2) is 11.5 Å². The van der Waals surface area contributed by atoms with Crippen LogP contribution in [0.1, 0.15) is 17.9 Å². The molecular weight excluding hydrogens is 300 g/mol. The van der Waals surface area contributed by atoms with Gasteiger partial charge in [0.2, 0.25) is 5.91 Å². The highest BCUT2D eigenvalue weighted by Crippen LogP contribution is 2.21. The Morgan fingerprint density at radius 3 is 2.91 bits per heavy atom. The first-order valence-electron chi connectivity index (χ1n) is 7.02. The molecule has 0 spiro atoms. The molecule has 1 heterocycles. The highest BCUT2D eigenvalue weighted by Gasteiger charge is 2.07. The average Bonchev–Trinajstić information content (AvgIpc) is 2.87. The van der Waals surface area contributed by atoms with Crippen LogP contribution >= 0.6 is 11.6 Å². The number of hydrogen-bond acceptors (Lipinski definition) is 3. The van der Waals surface area contributed by atoms with Gasteiger partial charge < -0.3 is 9.73 Å². The SMILES string of the molecule is Cc1nc2cc(CCC(=O)Nc3ccccc3Cl)ccc2o1. The van der Waals surface area contributed by atoms with Crippen molar-refractivity contribution in [3.63, 3.8) is 0 Å². The van der Waals surface area contributed by atoms with Crippen molar-refractivity contribution < 1.29 is 9.21 Å². The number of anilines is 1. The lowest BCUT2D eigenvalue weighted by molar-refractivity contribution is -0.116. The van der Waals surface area contributed by atoms with Crippen LogP contribution in [0.3, 0.4) is 0 Å². The molecule has 1 amide bonds. The van der Waals surface area contributed by atoms with E-state index < -0.39 is 0 Å². The number of para-hydroxylation sites is 1. The van der Waals surface area contributed by atoms with Crippen LogP contribution in [0.25, 0.3) is 11.1 Å². The zero-order valence-corrected chi connectivity index (χ0v) is 12.9. The van der Waals surface area contributed by atoms with Crippen LogP contribution in [-0.4, -0.2) is 10.9 Å². The van der Waals surface area contributed by atoms with Gasteiger partial charge in [-0.2, -0.15) is 0 Å². The first-order chi connectivity index (χ1) is 10.6. The van der Waals surface area contributed by atoms with E-state index in [0.717, 1.165) is 16.7 Å². The molecule has 1 aromatic heterocycles. The van der Waals surface area contributed by atoms with Gasteiger partial charge in [-0.05, 0) is 36.2 Å². The second kappa shape index (κ2) is 6.20. The molecule has 0 saturated carbocycles. The molecule has 3 rings (SSSR count). The van der Waals surface area contributed by atoms with Crippen LogP contribution in [0.15, 0.2) is 46.9 Å². The minimum Gasteiger partial charge on any atom is -0.441 e.